The average molecular weight is 307 g/mol. The van der Waals surface area contributed by atoms with Gasteiger partial charge in [0.2, 0.25) is 0 Å². The minimum absolute atomic E-state index is 0.0386. The van der Waals surface area contributed by atoms with Crippen molar-refractivity contribution >= 4 is 17.6 Å². The van der Waals surface area contributed by atoms with Crippen LogP contribution in [0.15, 0.2) is 28.7 Å². The molecular formula is C13H16F3NO2S. The zero-order valence-corrected chi connectivity index (χ0v) is 12.2. The fraction of sp³-hybridized carbons (Fsp3) is 0.462. The van der Waals surface area contributed by atoms with E-state index in [2.05, 4.69) is 9.13 Å². The van der Waals surface area contributed by atoms with Crippen LogP contribution in [0.1, 0.15) is 26.3 Å². The molecule has 0 saturated heterocycles. The van der Waals surface area contributed by atoms with E-state index in [1.165, 1.54) is 24.4 Å². The molecule has 0 radical (unpaired) electrons. The van der Waals surface area contributed by atoms with E-state index < -0.39 is 28.9 Å². The molecule has 20 heavy (non-hydrogen) atoms. The lowest BCUT2D eigenvalue weighted by molar-refractivity contribution is -0.0668. The molecule has 2 unspecified atom stereocenters. The zero-order chi connectivity index (χ0) is 15.3. The summed E-state index contributed by atoms with van der Waals surface area (Å²) in [5.41, 5.74) is 0.488. The molecule has 2 atom stereocenters. The number of halogens is 3. The molecule has 0 spiro atoms. The lowest BCUT2D eigenvalue weighted by atomic mass is 10.2. The molecule has 0 fully saturated rings. The van der Waals surface area contributed by atoms with Gasteiger partial charge in [-0.15, -0.1) is 0 Å². The Labute approximate surface area is 119 Å². The van der Waals surface area contributed by atoms with E-state index in [9.17, 15) is 17.7 Å². The maximum absolute atomic E-state index is 12.8. The zero-order valence-electron chi connectivity index (χ0n) is 11.3. The van der Waals surface area contributed by atoms with Crippen LogP contribution in [0.3, 0.4) is 0 Å². The first kappa shape index (κ1) is 16.8. The molecule has 0 aliphatic rings. The number of nitrogens with zero attached hydrogens (tertiary/aromatic N) is 1. The Bertz CT molecular complexity index is 463. The van der Waals surface area contributed by atoms with Crippen LogP contribution in [0.5, 0.6) is 5.75 Å². The summed E-state index contributed by atoms with van der Waals surface area (Å²) in [5, 5.41) is 0. The monoisotopic (exact) mass is 307 g/mol. The largest absolute Gasteiger partial charge is 0.591 e. The van der Waals surface area contributed by atoms with Crippen LogP contribution in [0.2, 0.25) is 0 Å². The predicted molar refractivity (Wildman–Crippen MR) is 73.5 cm³/mol. The van der Waals surface area contributed by atoms with Crippen LogP contribution in [-0.2, 0) is 11.4 Å². The van der Waals surface area contributed by atoms with Crippen molar-refractivity contribution in [2.24, 2.45) is 4.40 Å². The van der Waals surface area contributed by atoms with Crippen molar-refractivity contribution in [1.29, 1.82) is 0 Å². The maximum Gasteiger partial charge on any atom is 0.304 e. The van der Waals surface area contributed by atoms with Gasteiger partial charge in [0.1, 0.15) is 21.9 Å². The third-order valence-electron chi connectivity index (χ3n) is 2.13. The Morgan fingerprint density at radius 1 is 1.30 bits per heavy atom. The van der Waals surface area contributed by atoms with Crippen molar-refractivity contribution < 1.29 is 22.5 Å². The number of rotatable bonds is 5. The van der Waals surface area contributed by atoms with Crippen LogP contribution in [0, 0.1) is 0 Å². The third kappa shape index (κ3) is 5.42. The smallest absolute Gasteiger partial charge is 0.304 e. The molecule has 0 aliphatic heterocycles. The predicted octanol–water partition coefficient (Wildman–Crippen LogP) is 3.51. The number of ether oxygens (including phenoxy) is 1. The summed E-state index contributed by atoms with van der Waals surface area (Å²) in [6.45, 7) is 5.32. The number of hydrogen-bond donors (Lipinski definition) is 0. The molecule has 0 aromatic heterocycles. The summed E-state index contributed by atoms with van der Waals surface area (Å²) in [7, 11) is 0. The first-order valence-electron chi connectivity index (χ1n) is 5.85. The van der Waals surface area contributed by atoms with Gasteiger partial charge in [-0.2, -0.15) is 4.39 Å². The summed E-state index contributed by atoms with van der Waals surface area (Å²) in [5.74, 6) is -0.0386. The second kappa shape index (κ2) is 6.99. The molecule has 0 heterocycles. The van der Waals surface area contributed by atoms with Gasteiger partial charge in [-0.25, -0.2) is 8.78 Å². The Morgan fingerprint density at radius 2 is 1.95 bits per heavy atom. The molecule has 0 N–H and O–H groups in total. The second-order valence-corrected chi connectivity index (χ2v) is 6.91. The van der Waals surface area contributed by atoms with E-state index in [1.807, 2.05) is 0 Å². The molecular weight excluding hydrogens is 291 g/mol. The highest BCUT2D eigenvalue weighted by Crippen LogP contribution is 2.19. The minimum Gasteiger partial charge on any atom is -0.591 e. The van der Waals surface area contributed by atoms with E-state index in [0.717, 1.165) is 0 Å². The van der Waals surface area contributed by atoms with Crippen molar-refractivity contribution in [3.05, 3.63) is 29.8 Å². The average Bonchev–Trinajstić information content (AvgIpc) is 2.35. The summed E-state index contributed by atoms with van der Waals surface area (Å²) < 4.78 is 56.3. The van der Waals surface area contributed by atoms with E-state index in [-0.39, 0.29) is 5.75 Å². The summed E-state index contributed by atoms with van der Waals surface area (Å²) in [4.78, 5) is 0. The van der Waals surface area contributed by atoms with Gasteiger partial charge in [-0.05, 0) is 32.9 Å². The summed E-state index contributed by atoms with van der Waals surface area (Å²) in [6.07, 6.45) is -4.55. The molecule has 0 bridgehead atoms. The van der Waals surface area contributed by atoms with Gasteiger partial charge in [0.05, 0.1) is 6.21 Å². The molecule has 0 amide bonds. The topological polar surface area (TPSA) is 44.7 Å². The van der Waals surface area contributed by atoms with E-state index in [4.69, 9.17) is 0 Å². The Hall–Kier alpha value is -1.21. The fourth-order valence-electron chi connectivity index (χ4n) is 1.12. The molecule has 0 aliphatic carbocycles. The van der Waals surface area contributed by atoms with Crippen LogP contribution in [-0.4, -0.2) is 28.3 Å². The fourth-order valence-corrected chi connectivity index (χ4v) is 1.65. The van der Waals surface area contributed by atoms with Crippen molar-refractivity contribution in [3.8, 4) is 5.75 Å². The first-order chi connectivity index (χ1) is 9.20. The Morgan fingerprint density at radius 3 is 2.50 bits per heavy atom. The highest BCUT2D eigenvalue weighted by molar-refractivity contribution is 7.91. The molecule has 112 valence electrons. The van der Waals surface area contributed by atoms with Crippen molar-refractivity contribution in [2.45, 2.75) is 38.3 Å². The van der Waals surface area contributed by atoms with Gasteiger partial charge in [-0.1, -0.05) is 16.5 Å². The first-order valence-corrected chi connectivity index (χ1v) is 6.96. The van der Waals surface area contributed by atoms with E-state index in [1.54, 1.807) is 26.8 Å². The van der Waals surface area contributed by atoms with Crippen molar-refractivity contribution in [1.82, 2.24) is 0 Å². The van der Waals surface area contributed by atoms with Crippen molar-refractivity contribution in [2.75, 3.05) is 0 Å². The molecule has 1 rings (SSSR count). The summed E-state index contributed by atoms with van der Waals surface area (Å²) >= 11 is -1.43. The number of alkyl halides is 3. The quantitative estimate of drug-likeness (QED) is 0.617. The Balaban J connectivity index is 2.76. The third-order valence-corrected chi connectivity index (χ3v) is 3.47. The number of hydrogen-bond acceptors (Lipinski definition) is 3. The van der Waals surface area contributed by atoms with Gasteiger partial charge >= 0.3 is 6.43 Å². The summed E-state index contributed by atoms with van der Waals surface area (Å²) in [6, 6.07) is 5.83. The lowest BCUT2D eigenvalue weighted by Crippen LogP contribution is -2.25. The SMILES string of the molecule is CC(C)(C)[S+]([O-])N=Cc1cccc(OC(F)C(F)F)c1. The van der Waals surface area contributed by atoms with Crippen LogP contribution in [0.4, 0.5) is 13.2 Å². The van der Waals surface area contributed by atoms with Crippen LogP contribution in [0.25, 0.3) is 0 Å². The standard InChI is InChI=1S/C13H16F3NO2S/c1-13(2,3)20(18)17-8-9-5-4-6-10(7-9)19-12(16)11(14)15/h4-8,11-12H,1-3H3. The van der Waals surface area contributed by atoms with Crippen molar-refractivity contribution in [3.63, 3.8) is 0 Å². The van der Waals surface area contributed by atoms with Gasteiger partial charge in [0.25, 0.3) is 6.36 Å². The molecule has 0 saturated carbocycles. The minimum atomic E-state index is -3.21. The number of benzene rings is 1. The Kier molecular flexibility index (Phi) is 5.88. The van der Waals surface area contributed by atoms with Gasteiger partial charge < -0.3 is 9.29 Å². The second-order valence-electron chi connectivity index (χ2n) is 4.97. The molecule has 7 heteroatoms. The molecule has 1 aromatic carbocycles. The van der Waals surface area contributed by atoms with E-state index in [0.29, 0.717) is 5.56 Å². The lowest BCUT2D eigenvalue weighted by Gasteiger charge is -2.17. The van der Waals surface area contributed by atoms with Crippen LogP contribution >= 0.6 is 0 Å². The van der Waals surface area contributed by atoms with E-state index >= 15 is 0 Å². The van der Waals surface area contributed by atoms with Crippen LogP contribution < -0.4 is 4.74 Å². The highest BCUT2D eigenvalue weighted by Gasteiger charge is 2.25. The molecule has 1 aromatic rings. The van der Waals surface area contributed by atoms with Gasteiger partial charge in [-0.3, -0.25) is 0 Å². The maximum atomic E-state index is 12.8. The van der Waals surface area contributed by atoms with Gasteiger partial charge in [0, 0.05) is 5.56 Å². The normalized spacial score (nSPS) is 15.6. The molecule has 3 nitrogen and oxygen atoms in total. The van der Waals surface area contributed by atoms with Gasteiger partial charge in [0.15, 0.2) is 0 Å². The highest BCUT2D eigenvalue weighted by atomic mass is 32.2.